The lowest BCUT2D eigenvalue weighted by atomic mass is 10.2. The van der Waals surface area contributed by atoms with Gasteiger partial charge >= 0.3 is 5.89 Å². The van der Waals surface area contributed by atoms with Crippen LogP contribution in [-0.2, 0) is 0 Å². The van der Waals surface area contributed by atoms with Crippen molar-refractivity contribution >= 4 is 11.6 Å². The molecular formula is C10H5ClN2O. The maximum absolute atomic E-state index is 8.53. The number of nitrogens with zero attached hydrogens (tertiary/aromatic N) is 2. The zero-order valence-electron chi connectivity index (χ0n) is 7.07. The van der Waals surface area contributed by atoms with Crippen molar-refractivity contribution in [3.8, 4) is 17.4 Å². The van der Waals surface area contributed by atoms with Gasteiger partial charge in [-0.2, -0.15) is 5.26 Å². The molecule has 0 aliphatic carbocycles. The van der Waals surface area contributed by atoms with Crippen LogP contribution in [0.4, 0.5) is 0 Å². The molecule has 68 valence electrons. The highest BCUT2D eigenvalue weighted by atomic mass is 35.5. The van der Waals surface area contributed by atoms with Gasteiger partial charge in [0.25, 0.3) is 0 Å². The van der Waals surface area contributed by atoms with Gasteiger partial charge in [-0.15, -0.1) is 0 Å². The fourth-order valence-electron chi connectivity index (χ4n) is 1.11. The molecule has 0 N–H and O–H groups in total. The zero-order chi connectivity index (χ0) is 9.97. The van der Waals surface area contributed by atoms with Gasteiger partial charge in [0.05, 0.1) is 11.2 Å². The first kappa shape index (κ1) is 8.79. The summed E-state index contributed by atoms with van der Waals surface area (Å²) in [4.78, 5) is 3.77. The Labute approximate surface area is 85.6 Å². The smallest absolute Gasteiger partial charge is 0.301 e. The summed E-state index contributed by atoms with van der Waals surface area (Å²) in [7, 11) is 0. The van der Waals surface area contributed by atoms with Gasteiger partial charge in [0.15, 0.2) is 11.8 Å². The Bertz CT molecular complexity index is 499. The maximum Gasteiger partial charge on any atom is 0.301 e. The lowest BCUT2D eigenvalue weighted by molar-refractivity contribution is 0.555. The second-order valence-electron chi connectivity index (χ2n) is 2.62. The van der Waals surface area contributed by atoms with Gasteiger partial charge in [0.2, 0.25) is 0 Å². The molecule has 0 saturated heterocycles. The van der Waals surface area contributed by atoms with Crippen LogP contribution in [0.5, 0.6) is 0 Å². The van der Waals surface area contributed by atoms with Crippen LogP contribution in [0.1, 0.15) is 5.89 Å². The number of aromatic nitrogens is 1. The highest BCUT2D eigenvalue weighted by Crippen LogP contribution is 2.27. The lowest BCUT2D eigenvalue weighted by Crippen LogP contribution is -1.74. The van der Waals surface area contributed by atoms with E-state index in [1.807, 2.05) is 24.3 Å². The predicted molar refractivity (Wildman–Crippen MR) is 51.7 cm³/mol. The molecule has 3 nitrogen and oxygen atoms in total. The number of hydrogen-bond acceptors (Lipinski definition) is 3. The molecule has 0 radical (unpaired) electrons. The molecular weight excluding hydrogens is 200 g/mol. The van der Waals surface area contributed by atoms with Gasteiger partial charge in [-0.25, -0.2) is 4.98 Å². The Morgan fingerprint density at radius 3 is 2.79 bits per heavy atom. The van der Waals surface area contributed by atoms with Crippen molar-refractivity contribution in [2.75, 3.05) is 0 Å². The first-order chi connectivity index (χ1) is 6.81. The normalized spacial score (nSPS) is 9.71. The molecule has 2 aromatic rings. The third kappa shape index (κ3) is 1.48. The second kappa shape index (κ2) is 3.52. The highest BCUT2D eigenvalue weighted by Gasteiger charge is 2.08. The summed E-state index contributed by atoms with van der Waals surface area (Å²) in [6.07, 6.45) is 1.49. The summed E-state index contributed by atoms with van der Waals surface area (Å²) >= 11 is 5.94. The third-order valence-electron chi connectivity index (χ3n) is 1.74. The van der Waals surface area contributed by atoms with Crippen molar-refractivity contribution in [2.45, 2.75) is 0 Å². The monoisotopic (exact) mass is 204 g/mol. The standard InChI is InChI=1S/C10H5ClN2O/c11-8-4-2-1-3-7(8)9-6-13-10(5-12)14-9/h1-4,6H. The summed E-state index contributed by atoms with van der Waals surface area (Å²) in [5.41, 5.74) is 0.739. The average Bonchev–Trinajstić information content (AvgIpc) is 2.67. The van der Waals surface area contributed by atoms with Crippen molar-refractivity contribution in [1.29, 1.82) is 5.26 Å². The zero-order valence-corrected chi connectivity index (χ0v) is 7.82. The quantitative estimate of drug-likeness (QED) is 0.718. The van der Waals surface area contributed by atoms with Crippen LogP contribution < -0.4 is 0 Å². The molecule has 0 unspecified atom stereocenters. The van der Waals surface area contributed by atoms with Gasteiger partial charge < -0.3 is 4.42 Å². The minimum absolute atomic E-state index is 0.0416. The minimum atomic E-state index is 0.0416. The first-order valence-corrected chi connectivity index (χ1v) is 4.30. The van der Waals surface area contributed by atoms with E-state index in [-0.39, 0.29) is 5.89 Å². The summed E-state index contributed by atoms with van der Waals surface area (Å²) in [6, 6.07) is 9.05. The molecule has 0 saturated carbocycles. The van der Waals surface area contributed by atoms with Gasteiger partial charge in [-0.05, 0) is 12.1 Å². The molecule has 2 rings (SSSR count). The van der Waals surface area contributed by atoms with Gasteiger partial charge in [-0.3, -0.25) is 0 Å². The molecule has 0 bridgehead atoms. The van der Waals surface area contributed by atoms with Crippen LogP contribution in [0.2, 0.25) is 5.02 Å². The fourth-order valence-corrected chi connectivity index (χ4v) is 1.34. The highest BCUT2D eigenvalue weighted by molar-refractivity contribution is 6.33. The van der Waals surface area contributed by atoms with Crippen LogP contribution in [0.15, 0.2) is 34.9 Å². The second-order valence-corrected chi connectivity index (χ2v) is 3.03. The fraction of sp³-hybridized carbons (Fsp3) is 0. The minimum Gasteiger partial charge on any atom is -0.428 e. The van der Waals surface area contributed by atoms with Crippen molar-refractivity contribution < 1.29 is 4.42 Å². The number of nitriles is 1. The Kier molecular flexibility index (Phi) is 2.21. The summed E-state index contributed by atoms with van der Waals surface area (Å²) < 4.78 is 5.14. The van der Waals surface area contributed by atoms with E-state index in [0.717, 1.165) is 5.56 Å². The van der Waals surface area contributed by atoms with E-state index in [0.29, 0.717) is 10.8 Å². The number of oxazole rings is 1. The maximum atomic E-state index is 8.53. The van der Waals surface area contributed by atoms with Gasteiger partial charge in [0, 0.05) is 5.56 Å². The largest absolute Gasteiger partial charge is 0.428 e. The van der Waals surface area contributed by atoms with E-state index in [2.05, 4.69) is 4.98 Å². The van der Waals surface area contributed by atoms with Crippen molar-refractivity contribution in [1.82, 2.24) is 4.98 Å². The van der Waals surface area contributed by atoms with Crippen LogP contribution in [-0.4, -0.2) is 4.98 Å². The average molecular weight is 205 g/mol. The topological polar surface area (TPSA) is 49.8 Å². The van der Waals surface area contributed by atoms with Crippen molar-refractivity contribution in [3.63, 3.8) is 0 Å². The van der Waals surface area contributed by atoms with Gasteiger partial charge in [-0.1, -0.05) is 23.7 Å². The molecule has 0 amide bonds. The molecule has 1 aromatic heterocycles. The number of hydrogen-bond donors (Lipinski definition) is 0. The molecule has 0 spiro atoms. The number of halogens is 1. The SMILES string of the molecule is N#Cc1ncc(-c2ccccc2Cl)o1. The third-order valence-corrected chi connectivity index (χ3v) is 2.07. The molecule has 1 aromatic carbocycles. The van der Waals surface area contributed by atoms with Crippen LogP contribution >= 0.6 is 11.6 Å². The van der Waals surface area contributed by atoms with E-state index in [4.69, 9.17) is 21.3 Å². The van der Waals surface area contributed by atoms with Gasteiger partial charge in [0.1, 0.15) is 0 Å². The molecule has 0 fully saturated rings. The van der Waals surface area contributed by atoms with E-state index >= 15 is 0 Å². The summed E-state index contributed by atoms with van der Waals surface area (Å²) in [5.74, 6) is 0.548. The van der Waals surface area contributed by atoms with Crippen LogP contribution in [0.25, 0.3) is 11.3 Å². The summed E-state index contributed by atoms with van der Waals surface area (Å²) in [6.45, 7) is 0. The van der Waals surface area contributed by atoms with E-state index < -0.39 is 0 Å². The van der Waals surface area contributed by atoms with Crippen LogP contribution in [0, 0.1) is 11.3 Å². The molecule has 0 atom stereocenters. The Hall–Kier alpha value is -1.79. The Morgan fingerprint density at radius 1 is 1.36 bits per heavy atom. The van der Waals surface area contributed by atoms with E-state index in [1.165, 1.54) is 6.20 Å². The molecule has 14 heavy (non-hydrogen) atoms. The molecule has 0 aliphatic rings. The number of rotatable bonds is 1. The van der Waals surface area contributed by atoms with Crippen LogP contribution in [0.3, 0.4) is 0 Å². The molecule has 0 aliphatic heterocycles. The first-order valence-electron chi connectivity index (χ1n) is 3.92. The summed E-state index contributed by atoms with van der Waals surface area (Å²) in [5, 5.41) is 9.10. The molecule has 4 heteroatoms. The lowest BCUT2D eigenvalue weighted by Gasteiger charge is -1.97. The Morgan fingerprint density at radius 2 is 2.14 bits per heavy atom. The van der Waals surface area contributed by atoms with Crippen molar-refractivity contribution in [2.24, 2.45) is 0 Å². The molecule has 1 heterocycles. The van der Waals surface area contributed by atoms with E-state index in [1.54, 1.807) is 6.07 Å². The van der Waals surface area contributed by atoms with E-state index in [9.17, 15) is 0 Å². The number of benzene rings is 1. The predicted octanol–water partition coefficient (Wildman–Crippen LogP) is 2.87. The van der Waals surface area contributed by atoms with Crippen molar-refractivity contribution in [3.05, 3.63) is 41.4 Å². The Balaban J connectivity index is 2.51.